The predicted octanol–water partition coefficient (Wildman–Crippen LogP) is 3.74. The number of rotatable bonds is 4. The first-order valence-corrected chi connectivity index (χ1v) is 8.02. The van der Waals surface area contributed by atoms with Gasteiger partial charge in [0.2, 0.25) is 5.13 Å². The van der Waals surface area contributed by atoms with Crippen molar-refractivity contribution in [3.05, 3.63) is 29.3 Å². The molecule has 3 rings (SSSR count). The first kappa shape index (κ1) is 13.8. The zero-order valence-electron chi connectivity index (χ0n) is 11.3. The van der Waals surface area contributed by atoms with Crippen LogP contribution in [0.5, 0.6) is 0 Å². The van der Waals surface area contributed by atoms with E-state index in [1.165, 1.54) is 25.7 Å². The lowest BCUT2D eigenvalue weighted by Crippen LogP contribution is -2.41. The summed E-state index contributed by atoms with van der Waals surface area (Å²) in [7, 11) is 2.00. The average molecular weight is 309 g/mol. The molecule has 6 heteroatoms. The van der Waals surface area contributed by atoms with Gasteiger partial charge in [0.25, 0.3) is 0 Å². The molecular formula is C14H17ClN4S. The first-order valence-electron chi connectivity index (χ1n) is 6.82. The van der Waals surface area contributed by atoms with Gasteiger partial charge in [-0.1, -0.05) is 54.0 Å². The van der Waals surface area contributed by atoms with E-state index in [-0.39, 0.29) is 0 Å². The zero-order chi connectivity index (χ0) is 13.9. The second-order valence-corrected chi connectivity index (χ2v) is 6.40. The number of hydrogen-bond donors (Lipinski definition) is 1. The monoisotopic (exact) mass is 308 g/mol. The van der Waals surface area contributed by atoms with Gasteiger partial charge < -0.3 is 0 Å². The molecule has 1 aliphatic rings. The summed E-state index contributed by atoms with van der Waals surface area (Å²) in [6.45, 7) is 0. The van der Waals surface area contributed by atoms with Crippen molar-refractivity contribution in [1.29, 1.82) is 0 Å². The van der Waals surface area contributed by atoms with E-state index in [0.29, 0.717) is 11.1 Å². The Hall–Kier alpha value is -1.17. The molecule has 0 aliphatic heterocycles. The fourth-order valence-corrected chi connectivity index (χ4v) is 3.57. The SMILES string of the molecule is CN(NC1CCCC1)c1nnc(-c2ccccc2Cl)s1. The van der Waals surface area contributed by atoms with Crippen molar-refractivity contribution in [3.63, 3.8) is 0 Å². The Morgan fingerprint density at radius 3 is 2.75 bits per heavy atom. The lowest BCUT2D eigenvalue weighted by Gasteiger charge is -2.21. The van der Waals surface area contributed by atoms with Crippen LogP contribution in [0.15, 0.2) is 24.3 Å². The first-order chi connectivity index (χ1) is 9.74. The molecule has 106 valence electrons. The van der Waals surface area contributed by atoms with Crippen molar-refractivity contribution in [1.82, 2.24) is 15.6 Å². The third kappa shape index (κ3) is 2.95. The topological polar surface area (TPSA) is 41.0 Å². The summed E-state index contributed by atoms with van der Waals surface area (Å²) in [6.07, 6.45) is 5.10. The normalized spacial score (nSPS) is 15.7. The number of nitrogens with one attached hydrogen (secondary N) is 1. The predicted molar refractivity (Wildman–Crippen MR) is 84.1 cm³/mol. The molecular weight excluding hydrogens is 292 g/mol. The van der Waals surface area contributed by atoms with E-state index < -0.39 is 0 Å². The average Bonchev–Trinajstić information content (AvgIpc) is 3.10. The van der Waals surface area contributed by atoms with Crippen molar-refractivity contribution in [3.8, 4) is 10.6 Å². The van der Waals surface area contributed by atoms with Gasteiger partial charge in [0.1, 0.15) is 0 Å². The summed E-state index contributed by atoms with van der Waals surface area (Å²) in [4.78, 5) is 0. The van der Waals surface area contributed by atoms with Gasteiger partial charge in [-0.3, -0.25) is 5.01 Å². The molecule has 1 fully saturated rings. The third-order valence-electron chi connectivity index (χ3n) is 3.54. The highest BCUT2D eigenvalue weighted by molar-refractivity contribution is 7.18. The number of nitrogens with zero attached hydrogens (tertiary/aromatic N) is 3. The van der Waals surface area contributed by atoms with E-state index in [9.17, 15) is 0 Å². The number of hydrazine groups is 1. The molecule has 1 aromatic heterocycles. The minimum atomic E-state index is 0.563. The molecule has 1 aromatic carbocycles. The van der Waals surface area contributed by atoms with E-state index in [4.69, 9.17) is 11.6 Å². The van der Waals surface area contributed by atoms with Crippen LogP contribution in [0, 0.1) is 0 Å². The van der Waals surface area contributed by atoms with Crippen molar-refractivity contribution in [2.45, 2.75) is 31.7 Å². The van der Waals surface area contributed by atoms with Crippen LogP contribution < -0.4 is 10.4 Å². The number of hydrogen-bond acceptors (Lipinski definition) is 5. The molecule has 0 atom stereocenters. The Kier molecular flexibility index (Phi) is 4.19. The summed E-state index contributed by atoms with van der Waals surface area (Å²) < 4.78 is 0. The molecule has 0 amide bonds. The van der Waals surface area contributed by atoms with Gasteiger partial charge >= 0.3 is 0 Å². The van der Waals surface area contributed by atoms with E-state index >= 15 is 0 Å². The lowest BCUT2D eigenvalue weighted by atomic mass is 10.2. The van der Waals surface area contributed by atoms with Gasteiger partial charge in [-0.05, 0) is 18.9 Å². The van der Waals surface area contributed by atoms with Crippen molar-refractivity contribution < 1.29 is 0 Å². The smallest absolute Gasteiger partial charge is 0.222 e. The Balaban J connectivity index is 1.74. The number of halogens is 1. The maximum Gasteiger partial charge on any atom is 0.222 e. The minimum absolute atomic E-state index is 0.563. The van der Waals surface area contributed by atoms with Crippen LogP contribution in [0.3, 0.4) is 0 Å². The highest BCUT2D eigenvalue weighted by Gasteiger charge is 2.18. The zero-order valence-corrected chi connectivity index (χ0v) is 12.9. The van der Waals surface area contributed by atoms with Gasteiger partial charge in [-0.25, -0.2) is 5.43 Å². The summed E-state index contributed by atoms with van der Waals surface area (Å²) in [5.41, 5.74) is 4.42. The van der Waals surface area contributed by atoms with Crippen LogP contribution in [-0.2, 0) is 0 Å². The molecule has 2 aromatic rings. The third-order valence-corrected chi connectivity index (χ3v) is 4.90. The highest BCUT2D eigenvalue weighted by atomic mass is 35.5. The van der Waals surface area contributed by atoms with E-state index in [1.54, 1.807) is 11.3 Å². The molecule has 0 bridgehead atoms. The lowest BCUT2D eigenvalue weighted by molar-refractivity contribution is 0.517. The van der Waals surface area contributed by atoms with Crippen LogP contribution in [0.25, 0.3) is 10.6 Å². The Bertz CT molecular complexity index is 580. The Morgan fingerprint density at radius 1 is 1.25 bits per heavy atom. The maximum absolute atomic E-state index is 6.19. The number of anilines is 1. The molecule has 0 radical (unpaired) electrons. The van der Waals surface area contributed by atoms with Crippen LogP contribution in [0.1, 0.15) is 25.7 Å². The molecule has 1 heterocycles. The van der Waals surface area contributed by atoms with E-state index in [0.717, 1.165) is 15.7 Å². The second-order valence-electron chi connectivity index (χ2n) is 5.04. The van der Waals surface area contributed by atoms with Crippen LogP contribution >= 0.6 is 22.9 Å². The van der Waals surface area contributed by atoms with Crippen LogP contribution in [0.2, 0.25) is 5.02 Å². The van der Waals surface area contributed by atoms with Gasteiger partial charge in [0.05, 0.1) is 5.02 Å². The molecule has 4 nitrogen and oxygen atoms in total. The largest absolute Gasteiger partial charge is 0.285 e. The highest BCUT2D eigenvalue weighted by Crippen LogP contribution is 2.32. The summed E-state index contributed by atoms with van der Waals surface area (Å²) in [5.74, 6) is 0. The van der Waals surface area contributed by atoms with Gasteiger partial charge in [-0.2, -0.15) is 0 Å². The molecule has 20 heavy (non-hydrogen) atoms. The van der Waals surface area contributed by atoms with Crippen molar-refractivity contribution in [2.75, 3.05) is 12.1 Å². The van der Waals surface area contributed by atoms with Crippen LogP contribution in [0.4, 0.5) is 5.13 Å². The Morgan fingerprint density at radius 2 is 2.00 bits per heavy atom. The fourth-order valence-electron chi connectivity index (χ4n) is 2.48. The fraction of sp³-hybridized carbons (Fsp3) is 0.429. The quantitative estimate of drug-likeness (QED) is 0.874. The van der Waals surface area contributed by atoms with Gasteiger partial charge in [0.15, 0.2) is 5.01 Å². The molecule has 0 spiro atoms. The number of benzene rings is 1. The molecule has 0 saturated heterocycles. The molecule has 1 aliphatic carbocycles. The van der Waals surface area contributed by atoms with Crippen LogP contribution in [-0.4, -0.2) is 23.3 Å². The summed E-state index contributed by atoms with van der Waals surface area (Å²) in [5, 5.41) is 12.9. The van der Waals surface area contributed by atoms with Crippen molar-refractivity contribution >= 4 is 28.1 Å². The van der Waals surface area contributed by atoms with E-state index in [2.05, 4.69) is 15.6 Å². The second kappa shape index (κ2) is 6.08. The van der Waals surface area contributed by atoms with Gasteiger partial charge in [-0.15, -0.1) is 10.2 Å². The molecule has 1 N–H and O–H groups in total. The summed E-state index contributed by atoms with van der Waals surface area (Å²) in [6, 6.07) is 8.28. The molecule has 1 saturated carbocycles. The summed E-state index contributed by atoms with van der Waals surface area (Å²) >= 11 is 7.74. The van der Waals surface area contributed by atoms with Gasteiger partial charge in [0, 0.05) is 18.7 Å². The molecule has 0 unspecified atom stereocenters. The maximum atomic E-state index is 6.19. The Labute approximate surface area is 127 Å². The minimum Gasteiger partial charge on any atom is -0.285 e. The van der Waals surface area contributed by atoms with Crippen molar-refractivity contribution in [2.24, 2.45) is 0 Å². The van der Waals surface area contributed by atoms with E-state index in [1.807, 2.05) is 36.3 Å². The number of aromatic nitrogens is 2. The standard InChI is InChI=1S/C14H17ClN4S/c1-19(18-10-6-2-3-7-10)14-17-16-13(20-14)11-8-4-5-9-12(11)15/h4-5,8-10,18H,2-3,6-7H2,1H3.